The minimum atomic E-state index is 0.270. The van der Waals surface area contributed by atoms with E-state index in [0.29, 0.717) is 6.04 Å². The second-order valence-corrected chi connectivity index (χ2v) is 11.3. The minimum absolute atomic E-state index is 0.270. The first-order valence-corrected chi connectivity index (χ1v) is 14.3. The molecule has 1 N–H and O–H groups in total. The van der Waals surface area contributed by atoms with Crippen LogP contribution >= 0.6 is 0 Å². The van der Waals surface area contributed by atoms with Gasteiger partial charge < -0.3 is 19.7 Å². The summed E-state index contributed by atoms with van der Waals surface area (Å²) in [6.07, 6.45) is 4.06. The molecular formula is C31H40N8. The fourth-order valence-electron chi connectivity index (χ4n) is 5.68. The lowest BCUT2D eigenvalue weighted by atomic mass is 10.0. The summed E-state index contributed by atoms with van der Waals surface area (Å²) in [4.78, 5) is 22.2. The Morgan fingerprint density at radius 3 is 2.28 bits per heavy atom. The Bertz CT molecular complexity index is 1370. The first kappa shape index (κ1) is 25.8. The van der Waals surface area contributed by atoms with Gasteiger partial charge >= 0.3 is 0 Å². The van der Waals surface area contributed by atoms with Crippen LogP contribution in [0.5, 0.6) is 0 Å². The number of anilines is 2. The van der Waals surface area contributed by atoms with Crippen molar-refractivity contribution in [1.29, 1.82) is 0 Å². The summed E-state index contributed by atoms with van der Waals surface area (Å²) in [5.41, 5.74) is 5.42. The Morgan fingerprint density at radius 1 is 0.872 bits per heavy atom. The standard InChI is InChI=1S/C31H40N8/c1-23(2)39-22-32-28-30(33-26-13-15-37(16-14-26)21-24-7-5-4-6-8-24)34-29(35-31(28)39)25-9-11-27(12-10-25)38-19-17-36(3)18-20-38/h4-12,22-23,26H,13-21H2,1-3H3,(H,33,34,35). The Kier molecular flexibility index (Phi) is 7.48. The van der Waals surface area contributed by atoms with Gasteiger partial charge in [0, 0.05) is 69.1 Å². The normalized spacial score (nSPS) is 17.8. The monoisotopic (exact) mass is 524 g/mol. The van der Waals surface area contributed by atoms with E-state index < -0.39 is 0 Å². The summed E-state index contributed by atoms with van der Waals surface area (Å²) >= 11 is 0. The van der Waals surface area contributed by atoms with Gasteiger partial charge in [-0.15, -0.1) is 0 Å². The average Bonchev–Trinajstić information content (AvgIpc) is 3.40. The van der Waals surface area contributed by atoms with Crippen LogP contribution in [0.4, 0.5) is 11.5 Å². The molecule has 0 radical (unpaired) electrons. The van der Waals surface area contributed by atoms with Crippen LogP contribution in [0.15, 0.2) is 60.9 Å². The van der Waals surface area contributed by atoms with Crippen molar-refractivity contribution in [3.05, 3.63) is 66.5 Å². The molecule has 204 valence electrons. The van der Waals surface area contributed by atoms with Gasteiger partial charge in [0.15, 0.2) is 17.3 Å². The number of rotatable bonds is 7. The number of nitrogens with one attached hydrogen (secondary N) is 1. The molecule has 2 saturated heterocycles. The minimum Gasteiger partial charge on any atom is -0.369 e. The molecule has 2 aliphatic heterocycles. The lowest BCUT2D eigenvalue weighted by molar-refractivity contribution is 0.211. The Hall–Kier alpha value is -3.49. The quantitative estimate of drug-likeness (QED) is 0.369. The molecule has 0 unspecified atom stereocenters. The molecule has 2 fully saturated rings. The van der Waals surface area contributed by atoms with Crippen molar-refractivity contribution in [2.45, 2.75) is 45.3 Å². The van der Waals surface area contributed by atoms with E-state index in [4.69, 9.17) is 15.0 Å². The molecular weight excluding hydrogens is 484 g/mol. The molecule has 0 spiro atoms. The average molecular weight is 525 g/mol. The third-order valence-electron chi connectivity index (χ3n) is 8.15. The molecule has 4 heterocycles. The molecule has 2 aliphatic rings. The maximum absolute atomic E-state index is 5.04. The van der Waals surface area contributed by atoms with Crippen LogP contribution in [0.25, 0.3) is 22.6 Å². The number of nitrogens with zero attached hydrogens (tertiary/aromatic N) is 7. The lowest BCUT2D eigenvalue weighted by Gasteiger charge is -2.34. The number of imidazole rings is 1. The van der Waals surface area contributed by atoms with Gasteiger partial charge in [-0.3, -0.25) is 4.90 Å². The van der Waals surface area contributed by atoms with Crippen LogP contribution in [0, 0.1) is 0 Å². The number of likely N-dealkylation sites (N-methyl/N-ethyl adjacent to an activating group) is 1. The van der Waals surface area contributed by atoms with Gasteiger partial charge in [0.2, 0.25) is 0 Å². The van der Waals surface area contributed by atoms with Crippen molar-refractivity contribution < 1.29 is 0 Å². The first-order valence-electron chi connectivity index (χ1n) is 14.3. The summed E-state index contributed by atoms with van der Waals surface area (Å²) in [5, 5.41) is 3.77. The molecule has 6 rings (SSSR count). The smallest absolute Gasteiger partial charge is 0.166 e. The molecule has 0 amide bonds. The van der Waals surface area contributed by atoms with Crippen molar-refractivity contribution in [3.8, 4) is 11.4 Å². The predicted molar refractivity (Wildman–Crippen MR) is 159 cm³/mol. The van der Waals surface area contributed by atoms with Gasteiger partial charge in [0.05, 0.1) is 6.33 Å². The summed E-state index contributed by atoms with van der Waals surface area (Å²) in [6.45, 7) is 11.8. The topological polar surface area (TPSA) is 65.4 Å². The highest BCUT2D eigenvalue weighted by molar-refractivity contribution is 5.85. The predicted octanol–water partition coefficient (Wildman–Crippen LogP) is 4.90. The van der Waals surface area contributed by atoms with E-state index >= 15 is 0 Å². The Morgan fingerprint density at radius 2 is 1.59 bits per heavy atom. The van der Waals surface area contributed by atoms with Gasteiger partial charge in [-0.2, -0.15) is 0 Å². The maximum Gasteiger partial charge on any atom is 0.166 e. The van der Waals surface area contributed by atoms with E-state index in [9.17, 15) is 0 Å². The fraction of sp³-hybridized carbons (Fsp3) is 0.452. The number of hydrogen-bond acceptors (Lipinski definition) is 7. The molecule has 0 atom stereocenters. The van der Waals surface area contributed by atoms with E-state index in [0.717, 1.165) is 87.0 Å². The van der Waals surface area contributed by atoms with Crippen molar-refractivity contribution >= 4 is 22.7 Å². The van der Waals surface area contributed by atoms with Crippen LogP contribution < -0.4 is 10.2 Å². The second kappa shape index (κ2) is 11.3. The van der Waals surface area contributed by atoms with Crippen LogP contribution in [0.1, 0.15) is 38.3 Å². The number of likely N-dealkylation sites (tertiary alicyclic amines) is 1. The second-order valence-electron chi connectivity index (χ2n) is 11.3. The summed E-state index contributed by atoms with van der Waals surface area (Å²) in [6, 6.07) is 20.1. The van der Waals surface area contributed by atoms with E-state index in [1.165, 1.54) is 11.3 Å². The number of piperazine rings is 1. The molecule has 0 bridgehead atoms. The van der Waals surface area contributed by atoms with Gasteiger partial charge in [-0.1, -0.05) is 30.3 Å². The largest absolute Gasteiger partial charge is 0.369 e. The molecule has 8 nitrogen and oxygen atoms in total. The molecule has 0 saturated carbocycles. The molecule has 2 aromatic heterocycles. The van der Waals surface area contributed by atoms with E-state index in [1.54, 1.807) is 0 Å². The van der Waals surface area contributed by atoms with Gasteiger partial charge in [0.1, 0.15) is 5.52 Å². The van der Waals surface area contributed by atoms with Crippen LogP contribution in [-0.4, -0.2) is 81.7 Å². The molecule has 39 heavy (non-hydrogen) atoms. The van der Waals surface area contributed by atoms with Crippen molar-refractivity contribution in [2.75, 3.05) is 56.5 Å². The molecule has 2 aromatic carbocycles. The highest BCUT2D eigenvalue weighted by Gasteiger charge is 2.23. The number of benzene rings is 2. The third-order valence-corrected chi connectivity index (χ3v) is 8.15. The maximum atomic E-state index is 5.04. The van der Waals surface area contributed by atoms with E-state index in [2.05, 4.69) is 100 Å². The van der Waals surface area contributed by atoms with Crippen molar-refractivity contribution in [1.82, 2.24) is 29.3 Å². The zero-order valence-corrected chi connectivity index (χ0v) is 23.4. The van der Waals surface area contributed by atoms with Crippen LogP contribution in [-0.2, 0) is 6.54 Å². The Balaban J connectivity index is 1.21. The molecule has 0 aliphatic carbocycles. The lowest BCUT2D eigenvalue weighted by Crippen LogP contribution is -2.44. The number of hydrogen-bond donors (Lipinski definition) is 1. The van der Waals surface area contributed by atoms with Crippen molar-refractivity contribution in [2.24, 2.45) is 0 Å². The van der Waals surface area contributed by atoms with Gasteiger partial charge in [0.25, 0.3) is 0 Å². The van der Waals surface area contributed by atoms with Crippen LogP contribution in [0.2, 0.25) is 0 Å². The van der Waals surface area contributed by atoms with E-state index in [1.807, 2.05) is 6.33 Å². The summed E-state index contributed by atoms with van der Waals surface area (Å²) in [7, 11) is 2.19. The zero-order chi connectivity index (χ0) is 26.8. The third kappa shape index (κ3) is 5.77. The summed E-state index contributed by atoms with van der Waals surface area (Å²) < 4.78 is 2.15. The molecule has 4 aromatic rings. The first-order chi connectivity index (χ1) is 19.0. The van der Waals surface area contributed by atoms with Gasteiger partial charge in [-0.25, -0.2) is 15.0 Å². The summed E-state index contributed by atoms with van der Waals surface area (Å²) in [5.74, 6) is 1.60. The zero-order valence-electron chi connectivity index (χ0n) is 23.4. The molecule has 8 heteroatoms. The van der Waals surface area contributed by atoms with Crippen LogP contribution in [0.3, 0.4) is 0 Å². The highest BCUT2D eigenvalue weighted by Crippen LogP contribution is 2.29. The number of fused-ring (bicyclic) bond motifs is 1. The fourth-order valence-corrected chi connectivity index (χ4v) is 5.68. The van der Waals surface area contributed by atoms with E-state index in [-0.39, 0.29) is 6.04 Å². The number of piperidine rings is 1. The Labute approximate surface area is 231 Å². The SMILES string of the molecule is CC(C)n1cnc2c(NC3CCN(Cc4ccccc4)CC3)nc(-c3ccc(N4CCN(C)CC4)cc3)nc21. The van der Waals surface area contributed by atoms with Crippen molar-refractivity contribution in [3.63, 3.8) is 0 Å². The van der Waals surface area contributed by atoms with Gasteiger partial charge in [-0.05, 0) is 63.6 Å². The number of aromatic nitrogens is 4. The highest BCUT2D eigenvalue weighted by atomic mass is 15.2.